The molecule has 1 aliphatic rings. The largest absolute Gasteiger partial charge is 0.462 e. The Bertz CT molecular complexity index is 495. The molecule has 1 aliphatic heterocycles. The maximum absolute atomic E-state index is 5.54. The van der Waals surface area contributed by atoms with E-state index in [1.165, 1.54) is 0 Å². The molecule has 0 bridgehead atoms. The van der Waals surface area contributed by atoms with Crippen molar-refractivity contribution in [1.82, 2.24) is 9.88 Å². The molecule has 1 saturated heterocycles. The Morgan fingerprint density at radius 2 is 2.50 bits per heavy atom. The van der Waals surface area contributed by atoms with E-state index in [2.05, 4.69) is 22.2 Å². The predicted molar refractivity (Wildman–Crippen MR) is 70.5 cm³/mol. The van der Waals surface area contributed by atoms with Crippen molar-refractivity contribution in [3.05, 3.63) is 29.5 Å². The molecule has 0 N–H and O–H groups in total. The summed E-state index contributed by atoms with van der Waals surface area (Å²) in [6.07, 6.45) is 2.00. The van der Waals surface area contributed by atoms with E-state index in [-0.39, 0.29) is 0 Å². The second-order valence-electron chi connectivity index (χ2n) is 4.54. The number of ether oxygens (including phenoxy) is 1. The smallest absolute Gasteiger partial charge is 0.162 e. The number of hydrogen-bond donors (Lipinski definition) is 0. The van der Waals surface area contributed by atoms with Crippen molar-refractivity contribution in [2.45, 2.75) is 19.6 Å². The maximum Gasteiger partial charge on any atom is 0.162 e. The van der Waals surface area contributed by atoms with Crippen LogP contribution >= 0.6 is 11.3 Å². The molecule has 0 unspecified atom stereocenters. The van der Waals surface area contributed by atoms with Crippen LogP contribution in [0.2, 0.25) is 0 Å². The van der Waals surface area contributed by atoms with Gasteiger partial charge in [-0.25, -0.2) is 4.98 Å². The molecule has 3 heterocycles. The molecule has 2 aromatic heterocycles. The average Bonchev–Trinajstić information content (AvgIpc) is 2.98. The Balaban J connectivity index is 1.66. The van der Waals surface area contributed by atoms with Crippen molar-refractivity contribution in [3.8, 4) is 10.8 Å². The quantitative estimate of drug-likeness (QED) is 0.854. The van der Waals surface area contributed by atoms with Crippen molar-refractivity contribution < 1.29 is 9.15 Å². The number of thiazole rings is 1. The lowest BCUT2D eigenvalue weighted by atomic mass is 10.3. The SMILES string of the molecule is C[C@@H]1CN(Cc2csc(-c3ccco3)n2)CCO1. The van der Waals surface area contributed by atoms with Crippen molar-refractivity contribution in [2.75, 3.05) is 19.7 Å². The molecule has 0 radical (unpaired) electrons. The summed E-state index contributed by atoms with van der Waals surface area (Å²) in [5, 5.41) is 3.06. The van der Waals surface area contributed by atoms with E-state index in [0.29, 0.717) is 6.10 Å². The third kappa shape index (κ3) is 2.63. The van der Waals surface area contributed by atoms with Crippen LogP contribution in [-0.4, -0.2) is 35.7 Å². The van der Waals surface area contributed by atoms with Crippen molar-refractivity contribution in [1.29, 1.82) is 0 Å². The van der Waals surface area contributed by atoms with E-state index in [1.54, 1.807) is 17.6 Å². The molecule has 3 rings (SSSR count). The minimum Gasteiger partial charge on any atom is -0.462 e. The summed E-state index contributed by atoms with van der Waals surface area (Å²) >= 11 is 1.63. The van der Waals surface area contributed by atoms with Gasteiger partial charge in [-0.1, -0.05) is 0 Å². The van der Waals surface area contributed by atoms with Crippen molar-refractivity contribution in [2.24, 2.45) is 0 Å². The highest BCUT2D eigenvalue weighted by molar-refractivity contribution is 7.13. The molecule has 0 aromatic carbocycles. The topological polar surface area (TPSA) is 38.5 Å². The fourth-order valence-electron chi connectivity index (χ4n) is 2.16. The van der Waals surface area contributed by atoms with Crippen LogP contribution in [0.3, 0.4) is 0 Å². The summed E-state index contributed by atoms with van der Waals surface area (Å²) in [4.78, 5) is 7.00. The molecule has 0 spiro atoms. The fraction of sp³-hybridized carbons (Fsp3) is 0.462. The van der Waals surface area contributed by atoms with Gasteiger partial charge in [0.2, 0.25) is 0 Å². The lowest BCUT2D eigenvalue weighted by Gasteiger charge is -2.30. The highest BCUT2D eigenvalue weighted by Gasteiger charge is 2.18. The second-order valence-corrected chi connectivity index (χ2v) is 5.40. The zero-order valence-corrected chi connectivity index (χ0v) is 11.2. The molecule has 4 nitrogen and oxygen atoms in total. The van der Waals surface area contributed by atoms with Crippen LogP contribution in [0, 0.1) is 0 Å². The Morgan fingerprint density at radius 1 is 1.56 bits per heavy atom. The van der Waals surface area contributed by atoms with E-state index in [0.717, 1.165) is 42.7 Å². The summed E-state index contributed by atoms with van der Waals surface area (Å²) in [6.45, 7) is 5.79. The van der Waals surface area contributed by atoms with Crippen LogP contribution in [-0.2, 0) is 11.3 Å². The summed E-state index contributed by atoms with van der Waals surface area (Å²) in [5.41, 5.74) is 1.11. The van der Waals surface area contributed by atoms with Gasteiger partial charge in [-0.15, -0.1) is 11.3 Å². The summed E-state index contributed by atoms with van der Waals surface area (Å²) in [7, 11) is 0. The molecule has 1 atom stereocenters. The zero-order valence-electron chi connectivity index (χ0n) is 10.3. The Hall–Kier alpha value is -1.17. The van der Waals surface area contributed by atoms with Gasteiger partial charge in [0.25, 0.3) is 0 Å². The summed E-state index contributed by atoms with van der Waals surface area (Å²) < 4.78 is 10.9. The van der Waals surface area contributed by atoms with Crippen LogP contribution in [0.25, 0.3) is 10.8 Å². The lowest BCUT2D eigenvalue weighted by molar-refractivity contribution is -0.0215. The molecule has 5 heteroatoms. The van der Waals surface area contributed by atoms with Crippen LogP contribution < -0.4 is 0 Å². The lowest BCUT2D eigenvalue weighted by Crippen LogP contribution is -2.40. The van der Waals surface area contributed by atoms with E-state index >= 15 is 0 Å². The van der Waals surface area contributed by atoms with Gasteiger partial charge in [-0.3, -0.25) is 4.90 Å². The normalized spacial score (nSPS) is 21.3. The first-order valence-electron chi connectivity index (χ1n) is 6.13. The minimum absolute atomic E-state index is 0.321. The molecule has 2 aromatic rings. The van der Waals surface area contributed by atoms with Gasteiger partial charge in [-0.05, 0) is 19.1 Å². The Labute approximate surface area is 110 Å². The molecule has 0 saturated carbocycles. The monoisotopic (exact) mass is 264 g/mol. The summed E-state index contributed by atoms with van der Waals surface area (Å²) in [6, 6.07) is 3.83. The van der Waals surface area contributed by atoms with Gasteiger partial charge in [-0.2, -0.15) is 0 Å². The number of rotatable bonds is 3. The number of morpholine rings is 1. The molecule has 96 valence electrons. The third-order valence-corrected chi connectivity index (χ3v) is 3.90. The molecule has 0 aliphatic carbocycles. The zero-order chi connectivity index (χ0) is 12.4. The number of furan rings is 1. The van der Waals surface area contributed by atoms with E-state index in [4.69, 9.17) is 9.15 Å². The predicted octanol–water partition coefficient (Wildman–Crippen LogP) is 2.62. The Kier molecular flexibility index (Phi) is 3.45. The highest BCUT2D eigenvalue weighted by atomic mass is 32.1. The standard InChI is InChI=1S/C13H16N2O2S/c1-10-7-15(4-6-16-10)8-11-9-18-13(14-11)12-3-2-5-17-12/h2-3,5,9-10H,4,6-8H2,1H3/t10-/m1/s1. The molecule has 18 heavy (non-hydrogen) atoms. The first-order valence-corrected chi connectivity index (χ1v) is 7.01. The van der Waals surface area contributed by atoms with Gasteiger partial charge in [0.05, 0.1) is 24.7 Å². The van der Waals surface area contributed by atoms with Gasteiger partial charge < -0.3 is 9.15 Å². The van der Waals surface area contributed by atoms with Crippen LogP contribution in [0.1, 0.15) is 12.6 Å². The average molecular weight is 264 g/mol. The Morgan fingerprint density at radius 3 is 3.28 bits per heavy atom. The second kappa shape index (κ2) is 5.22. The van der Waals surface area contributed by atoms with Crippen molar-refractivity contribution in [3.63, 3.8) is 0 Å². The number of hydrogen-bond acceptors (Lipinski definition) is 5. The third-order valence-electron chi connectivity index (χ3n) is 2.99. The van der Waals surface area contributed by atoms with E-state index in [9.17, 15) is 0 Å². The minimum atomic E-state index is 0.321. The van der Waals surface area contributed by atoms with Gasteiger partial charge in [0.1, 0.15) is 0 Å². The van der Waals surface area contributed by atoms with Crippen molar-refractivity contribution >= 4 is 11.3 Å². The van der Waals surface area contributed by atoms with Crippen LogP contribution in [0.5, 0.6) is 0 Å². The van der Waals surface area contributed by atoms with Crippen LogP contribution in [0.4, 0.5) is 0 Å². The van der Waals surface area contributed by atoms with Crippen LogP contribution in [0.15, 0.2) is 28.2 Å². The van der Waals surface area contributed by atoms with Gasteiger partial charge >= 0.3 is 0 Å². The maximum atomic E-state index is 5.54. The van der Waals surface area contributed by atoms with E-state index in [1.807, 2.05) is 12.1 Å². The molecule has 1 fully saturated rings. The molecular formula is C13H16N2O2S. The van der Waals surface area contributed by atoms with Gasteiger partial charge in [0, 0.05) is 25.0 Å². The highest BCUT2D eigenvalue weighted by Crippen LogP contribution is 2.24. The number of nitrogens with zero attached hydrogens (tertiary/aromatic N) is 2. The number of aromatic nitrogens is 1. The summed E-state index contributed by atoms with van der Waals surface area (Å²) in [5.74, 6) is 0.849. The first kappa shape index (κ1) is 11.9. The first-order chi connectivity index (χ1) is 8.81. The van der Waals surface area contributed by atoms with E-state index < -0.39 is 0 Å². The van der Waals surface area contributed by atoms with Gasteiger partial charge in [0.15, 0.2) is 10.8 Å². The molecule has 0 amide bonds. The fourth-order valence-corrected chi connectivity index (χ4v) is 2.93. The molecular weight excluding hydrogens is 248 g/mol.